The molecule has 2 aromatic carbocycles. The summed E-state index contributed by atoms with van der Waals surface area (Å²) in [6.07, 6.45) is 6.18. The zero-order valence-corrected chi connectivity index (χ0v) is 18.1. The summed E-state index contributed by atoms with van der Waals surface area (Å²) in [6, 6.07) is 10.6. The van der Waals surface area contributed by atoms with Crippen molar-refractivity contribution in [2.75, 3.05) is 11.9 Å². The van der Waals surface area contributed by atoms with Gasteiger partial charge in [-0.05, 0) is 92.1 Å². The first kappa shape index (κ1) is 22.2. The van der Waals surface area contributed by atoms with Crippen molar-refractivity contribution in [2.24, 2.45) is 0 Å². The average Bonchev–Trinajstić information content (AvgIpc) is 2.72. The van der Waals surface area contributed by atoms with E-state index in [-0.39, 0.29) is 0 Å². The van der Waals surface area contributed by atoms with Gasteiger partial charge in [0.05, 0.1) is 0 Å². The van der Waals surface area contributed by atoms with Gasteiger partial charge in [0, 0.05) is 12.2 Å². The Hall–Kier alpha value is -3.47. The molecule has 0 bridgehead atoms. The number of nitrogens with one attached hydrogen (secondary N) is 2. The van der Waals surface area contributed by atoms with E-state index in [0.717, 1.165) is 35.4 Å². The van der Waals surface area contributed by atoms with Crippen molar-refractivity contribution in [1.29, 1.82) is 0 Å². The molecule has 2 N–H and O–H groups in total. The Kier molecular flexibility index (Phi) is 6.85. The molecular formula is C26H26F2N2O. The van der Waals surface area contributed by atoms with E-state index in [4.69, 9.17) is 0 Å². The van der Waals surface area contributed by atoms with Crippen molar-refractivity contribution in [1.82, 2.24) is 5.32 Å². The predicted molar refractivity (Wildman–Crippen MR) is 123 cm³/mol. The van der Waals surface area contributed by atoms with Crippen LogP contribution in [0.5, 0.6) is 0 Å². The molecular weight excluding hydrogens is 394 g/mol. The number of benzene rings is 2. The molecule has 0 spiro atoms. The molecule has 0 unspecified atom stereocenters. The molecule has 0 atom stereocenters. The molecule has 31 heavy (non-hydrogen) atoms. The molecule has 0 radical (unpaired) electrons. The van der Waals surface area contributed by atoms with Crippen LogP contribution in [0.4, 0.5) is 14.5 Å². The summed E-state index contributed by atoms with van der Waals surface area (Å²) in [5, 5.41) is 5.81. The minimum atomic E-state index is -0.891. The Labute approximate surface area is 181 Å². The molecule has 3 nitrogen and oxygen atoms in total. The summed E-state index contributed by atoms with van der Waals surface area (Å²) in [7, 11) is 0. The fourth-order valence-corrected chi connectivity index (χ4v) is 3.50. The van der Waals surface area contributed by atoms with Gasteiger partial charge in [-0.25, -0.2) is 8.78 Å². The predicted octanol–water partition coefficient (Wildman–Crippen LogP) is 6.39. The average molecular weight is 421 g/mol. The van der Waals surface area contributed by atoms with E-state index in [1.807, 2.05) is 18.3 Å². The number of anilines is 1. The highest BCUT2D eigenvalue weighted by Gasteiger charge is 2.17. The first-order valence-electron chi connectivity index (χ1n) is 10.1. The number of halogens is 2. The fraction of sp³-hybridized carbons (Fsp3) is 0.192. The van der Waals surface area contributed by atoms with Crippen LogP contribution in [0.3, 0.4) is 0 Å². The Balaban J connectivity index is 1.83. The molecule has 1 heterocycles. The van der Waals surface area contributed by atoms with Crippen LogP contribution < -0.4 is 10.6 Å². The monoisotopic (exact) mass is 420 g/mol. The van der Waals surface area contributed by atoms with Crippen LogP contribution in [-0.4, -0.2) is 12.5 Å². The van der Waals surface area contributed by atoms with Crippen LogP contribution in [0, 0.1) is 11.6 Å². The third-order valence-corrected chi connectivity index (χ3v) is 5.23. The topological polar surface area (TPSA) is 41.1 Å². The maximum Gasteiger partial charge on any atom is 0.261 e. The van der Waals surface area contributed by atoms with Crippen LogP contribution in [0.1, 0.15) is 43.6 Å². The number of hydrogen-bond donors (Lipinski definition) is 2. The largest absolute Gasteiger partial charge is 0.387 e. The first-order chi connectivity index (χ1) is 14.8. The first-order valence-corrected chi connectivity index (χ1v) is 10.1. The van der Waals surface area contributed by atoms with Crippen molar-refractivity contribution < 1.29 is 13.6 Å². The van der Waals surface area contributed by atoms with Crippen molar-refractivity contribution in [3.63, 3.8) is 0 Å². The second-order valence-corrected chi connectivity index (χ2v) is 7.74. The van der Waals surface area contributed by atoms with Crippen LogP contribution in [0.25, 0.3) is 5.57 Å². The molecule has 3 rings (SSSR count). The highest BCUT2D eigenvalue weighted by Crippen LogP contribution is 2.27. The standard InChI is InChI=1S/C26H26F2N2O/c1-16(2)21(14-18(4)22-15-29-13-12-17(22)3)19-8-10-20(11-9-19)30-26(31)25-23(27)6-5-7-24(25)28/h5-14,29H,15H2,1-4H3,(H,30,31)/b18-14+. The zero-order valence-electron chi connectivity index (χ0n) is 18.1. The lowest BCUT2D eigenvalue weighted by Gasteiger charge is -2.17. The molecule has 0 aliphatic carbocycles. The second-order valence-electron chi connectivity index (χ2n) is 7.74. The van der Waals surface area contributed by atoms with Gasteiger partial charge in [-0.15, -0.1) is 0 Å². The lowest BCUT2D eigenvalue weighted by molar-refractivity contribution is 0.101. The van der Waals surface area contributed by atoms with Crippen molar-refractivity contribution in [3.05, 3.63) is 106 Å². The summed E-state index contributed by atoms with van der Waals surface area (Å²) >= 11 is 0. The molecule has 0 fully saturated rings. The van der Waals surface area contributed by atoms with Gasteiger partial charge in [-0.3, -0.25) is 4.79 Å². The second kappa shape index (κ2) is 9.56. The molecule has 0 aromatic heterocycles. The minimum Gasteiger partial charge on any atom is -0.387 e. The molecule has 0 saturated heterocycles. The molecule has 5 heteroatoms. The van der Waals surface area contributed by atoms with E-state index in [9.17, 15) is 13.6 Å². The summed E-state index contributed by atoms with van der Waals surface area (Å²) in [5.41, 5.74) is 6.79. The van der Waals surface area contributed by atoms with Crippen molar-refractivity contribution >= 4 is 17.2 Å². The van der Waals surface area contributed by atoms with Gasteiger partial charge < -0.3 is 10.6 Å². The number of hydrogen-bond acceptors (Lipinski definition) is 2. The maximum absolute atomic E-state index is 13.8. The third-order valence-electron chi connectivity index (χ3n) is 5.23. The van der Waals surface area contributed by atoms with E-state index in [1.165, 1.54) is 22.8 Å². The van der Waals surface area contributed by atoms with E-state index in [0.29, 0.717) is 5.69 Å². The molecule has 0 saturated carbocycles. The van der Waals surface area contributed by atoms with Crippen molar-refractivity contribution in [3.8, 4) is 0 Å². The SMILES string of the molecule is CC(C)=C(/C=C(\C)C1=C(C)C=CNC1)c1ccc(NC(=O)c2c(F)cccc2F)cc1. The van der Waals surface area contributed by atoms with E-state index >= 15 is 0 Å². The highest BCUT2D eigenvalue weighted by molar-refractivity contribution is 6.04. The molecule has 1 aliphatic rings. The van der Waals surface area contributed by atoms with Crippen LogP contribution in [0.2, 0.25) is 0 Å². The van der Waals surface area contributed by atoms with Crippen LogP contribution in [0.15, 0.2) is 83.1 Å². The normalized spacial score (nSPS) is 13.7. The zero-order chi connectivity index (χ0) is 22.5. The lowest BCUT2D eigenvalue weighted by atomic mass is 9.94. The number of allylic oxidation sites excluding steroid dienone is 5. The van der Waals surface area contributed by atoms with E-state index in [2.05, 4.69) is 50.5 Å². The number of amides is 1. The highest BCUT2D eigenvalue weighted by atomic mass is 19.1. The summed E-state index contributed by atoms with van der Waals surface area (Å²) in [4.78, 5) is 12.3. The lowest BCUT2D eigenvalue weighted by Crippen LogP contribution is -2.15. The number of carbonyl (C=O) groups excluding carboxylic acids is 1. The maximum atomic E-state index is 13.8. The van der Waals surface area contributed by atoms with Gasteiger partial charge >= 0.3 is 0 Å². The molecule has 1 aliphatic heterocycles. The van der Waals surface area contributed by atoms with Gasteiger partial charge in [0.2, 0.25) is 0 Å². The fourth-order valence-electron chi connectivity index (χ4n) is 3.50. The smallest absolute Gasteiger partial charge is 0.261 e. The van der Waals surface area contributed by atoms with Crippen LogP contribution in [-0.2, 0) is 0 Å². The van der Waals surface area contributed by atoms with E-state index in [1.54, 1.807) is 12.1 Å². The van der Waals surface area contributed by atoms with Crippen LogP contribution >= 0.6 is 0 Å². The van der Waals surface area contributed by atoms with Gasteiger partial charge in [0.1, 0.15) is 17.2 Å². The van der Waals surface area contributed by atoms with Gasteiger partial charge in [0.15, 0.2) is 0 Å². The van der Waals surface area contributed by atoms with Gasteiger partial charge in [-0.2, -0.15) is 0 Å². The van der Waals surface area contributed by atoms with Crippen molar-refractivity contribution in [2.45, 2.75) is 27.7 Å². The summed E-state index contributed by atoms with van der Waals surface area (Å²) in [5.74, 6) is -2.60. The molecule has 2 aromatic rings. The van der Waals surface area contributed by atoms with Gasteiger partial charge in [0.25, 0.3) is 5.91 Å². The number of rotatable bonds is 5. The summed E-state index contributed by atoms with van der Waals surface area (Å²) in [6.45, 7) is 9.09. The third kappa shape index (κ3) is 5.18. The quantitative estimate of drug-likeness (QED) is 0.550. The number of carbonyl (C=O) groups is 1. The number of dihydropyridines is 1. The Morgan fingerprint density at radius 3 is 2.26 bits per heavy atom. The Morgan fingerprint density at radius 1 is 1.03 bits per heavy atom. The molecule has 1 amide bonds. The Bertz CT molecular complexity index is 1100. The Morgan fingerprint density at radius 2 is 1.68 bits per heavy atom. The van der Waals surface area contributed by atoms with E-state index < -0.39 is 23.1 Å². The molecule has 160 valence electrons. The van der Waals surface area contributed by atoms with Gasteiger partial charge in [-0.1, -0.05) is 29.8 Å². The minimum absolute atomic E-state index is 0.463. The summed E-state index contributed by atoms with van der Waals surface area (Å²) < 4.78 is 27.7.